The number of aryl methyl sites for hydroxylation is 1. The van der Waals surface area contributed by atoms with E-state index in [0.717, 1.165) is 11.1 Å². The zero-order chi connectivity index (χ0) is 19.2. The first-order valence-electron chi connectivity index (χ1n) is 8.57. The number of aromatic nitrogens is 2. The van der Waals surface area contributed by atoms with E-state index in [1.54, 1.807) is 25.4 Å². The number of nitrogens with one attached hydrogen (secondary N) is 1. The molecule has 0 saturated carbocycles. The molecule has 27 heavy (non-hydrogen) atoms. The molecule has 0 aliphatic heterocycles. The molecule has 0 aliphatic carbocycles. The molecule has 2 heterocycles. The van der Waals surface area contributed by atoms with Gasteiger partial charge in [0, 0.05) is 11.8 Å². The molecule has 1 amide bonds. The first-order chi connectivity index (χ1) is 13.1. The molecule has 0 aliphatic rings. The molecule has 2 aromatic heterocycles. The summed E-state index contributed by atoms with van der Waals surface area (Å²) in [7, 11) is 1.59. The van der Waals surface area contributed by atoms with Crippen molar-refractivity contribution >= 4 is 5.91 Å². The Hall–Kier alpha value is -3.35. The van der Waals surface area contributed by atoms with Crippen molar-refractivity contribution in [1.82, 2.24) is 15.3 Å². The summed E-state index contributed by atoms with van der Waals surface area (Å²) < 4.78 is 16.4. The van der Waals surface area contributed by atoms with Gasteiger partial charge in [-0.25, -0.2) is 4.98 Å². The average Bonchev–Trinajstić information content (AvgIpc) is 3.16. The summed E-state index contributed by atoms with van der Waals surface area (Å²) in [6.45, 7) is 4.51. The number of methoxy groups -OCH3 is 1. The second-order valence-electron chi connectivity index (χ2n) is 5.79. The highest BCUT2D eigenvalue weighted by Gasteiger charge is 2.13. The number of amides is 1. The van der Waals surface area contributed by atoms with Crippen molar-refractivity contribution in [2.45, 2.75) is 20.4 Å². The summed E-state index contributed by atoms with van der Waals surface area (Å²) in [5.41, 5.74) is 2.59. The van der Waals surface area contributed by atoms with Crippen LogP contribution in [0.4, 0.5) is 0 Å². The summed E-state index contributed by atoms with van der Waals surface area (Å²) in [6, 6.07) is 9.09. The van der Waals surface area contributed by atoms with E-state index in [4.69, 9.17) is 13.9 Å². The number of ether oxygens (including phenoxy) is 2. The van der Waals surface area contributed by atoms with E-state index in [0.29, 0.717) is 35.4 Å². The first-order valence-corrected chi connectivity index (χ1v) is 8.57. The fraction of sp³-hybridized carbons (Fsp3) is 0.250. The lowest BCUT2D eigenvalue weighted by molar-refractivity contribution is 0.0945. The van der Waals surface area contributed by atoms with Crippen LogP contribution in [0, 0.1) is 6.92 Å². The second-order valence-corrected chi connectivity index (χ2v) is 5.79. The number of carbonyl (C=O) groups is 1. The van der Waals surface area contributed by atoms with E-state index in [2.05, 4.69) is 15.3 Å². The number of carbonyl (C=O) groups excluding carboxylic acids is 1. The van der Waals surface area contributed by atoms with Crippen molar-refractivity contribution in [2.75, 3.05) is 13.7 Å². The van der Waals surface area contributed by atoms with Gasteiger partial charge in [-0.05, 0) is 43.7 Å². The third kappa shape index (κ3) is 4.25. The maximum absolute atomic E-state index is 12.2. The van der Waals surface area contributed by atoms with Crippen LogP contribution in [-0.2, 0) is 6.54 Å². The minimum absolute atomic E-state index is 0.243. The van der Waals surface area contributed by atoms with E-state index in [1.165, 1.54) is 6.26 Å². The highest BCUT2D eigenvalue weighted by Crippen LogP contribution is 2.32. The Kier molecular flexibility index (Phi) is 5.71. The average molecular weight is 367 g/mol. The Balaban J connectivity index is 1.71. The van der Waals surface area contributed by atoms with Crippen LogP contribution < -0.4 is 14.8 Å². The summed E-state index contributed by atoms with van der Waals surface area (Å²) in [5.74, 6) is 1.46. The Bertz CT molecular complexity index is 936. The highest BCUT2D eigenvalue weighted by molar-refractivity contribution is 5.93. The molecule has 7 nitrogen and oxygen atoms in total. The second kappa shape index (κ2) is 8.35. The third-order valence-corrected chi connectivity index (χ3v) is 3.92. The minimum atomic E-state index is -0.249. The predicted octanol–water partition coefficient (Wildman–Crippen LogP) is 3.38. The van der Waals surface area contributed by atoms with Gasteiger partial charge in [-0.1, -0.05) is 6.07 Å². The van der Waals surface area contributed by atoms with E-state index < -0.39 is 0 Å². The number of hydrogen-bond acceptors (Lipinski definition) is 6. The van der Waals surface area contributed by atoms with Crippen LogP contribution in [0.3, 0.4) is 0 Å². The zero-order valence-corrected chi connectivity index (χ0v) is 15.5. The number of oxazole rings is 1. The zero-order valence-electron chi connectivity index (χ0n) is 15.5. The Morgan fingerprint density at radius 2 is 2.11 bits per heavy atom. The molecule has 0 atom stereocenters. The molecule has 140 valence electrons. The van der Waals surface area contributed by atoms with Crippen LogP contribution in [0.25, 0.3) is 11.5 Å². The van der Waals surface area contributed by atoms with Gasteiger partial charge in [-0.15, -0.1) is 0 Å². The van der Waals surface area contributed by atoms with Crippen LogP contribution in [0.2, 0.25) is 0 Å². The van der Waals surface area contributed by atoms with Crippen molar-refractivity contribution in [3.8, 4) is 23.0 Å². The largest absolute Gasteiger partial charge is 0.493 e. The van der Waals surface area contributed by atoms with Gasteiger partial charge < -0.3 is 19.2 Å². The third-order valence-electron chi connectivity index (χ3n) is 3.92. The first kappa shape index (κ1) is 18.4. The van der Waals surface area contributed by atoms with Gasteiger partial charge in [0.25, 0.3) is 5.91 Å². The van der Waals surface area contributed by atoms with Crippen molar-refractivity contribution in [3.63, 3.8) is 0 Å². The molecule has 3 rings (SSSR count). The lowest BCUT2D eigenvalue weighted by Gasteiger charge is -2.09. The lowest BCUT2D eigenvalue weighted by atomic mass is 10.2. The van der Waals surface area contributed by atoms with E-state index >= 15 is 0 Å². The summed E-state index contributed by atoms with van der Waals surface area (Å²) in [6.07, 6.45) is 3.11. The van der Waals surface area contributed by atoms with E-state index in [9.17, 15) is 4.79 Å². The molecule has 0 bridgehead atoms. The number of rotatable bonds is 7. The van der Waals surface area contributed by atoms with Crippen LogP contribution >= 0.6 is 0 Å². The van der Waals surface area contributed by atoms with Gasteiger partial charge in [0.05, 0.1) is 26.0 Å². The van der Waals surface area contributed by atoms with Crippen LogP contribution in [0.1, 0.15) is 28.7 Å². The van der Waals surface area contributed by atoms with Crippen molar-refractivity contribution in [3.05, 3.63) is 59.7 Å². The predicted molar refractivity (Wildman–Crippen MR) is 99.8 cm³/mol. The molecule has 0 fully saturated rings. The Morgan fingerprint density at radius 3 is 2.85 bits per heavy atom. The topological polar surface area (TPSA) is 86.5 Å². The molecule has 7 heteroatoms. The van der Waals surface area contributed by atoms with Gasteiger partial charge in [0.15, 0.2) is 11.5 Å². The van der Waals surface area contributed by atoms with Gasteiger partial charge in [-0.2, -0.15) is 0 Å². The Labute approximate surface area is 157 Å². The van der Waals surface area contributed by atoms with Crippen molar-refractivity contribution in [1.29, 1.82) is 0 Å². The molecule has 1 N–H and O–H groups in total. The minimum Gasteiger partial charge on any atom is -0.493 e. The summed E-state index contributed by atoms with van der Waals surface area (Å²) in [5, 5.41) is 2.80. The quantitative estimate of drug-likeness (QED) is 0.689. The number of pyridine rings is 1. The molecule has 0 spiro atoms. The van der Waals surface area contributed by atoms with Crippen molar-refractivity contribution in [2.24, 2.45) is 0 Å². The Morgan fingerprint density at radius 1 is 1.26 bits per heavy atom. The monoisotopic (exact) mass is 367 g/mol. The highest BCUT2D eigenvalue weighted by atomic mass is 16.5. The SMILES string of the molecule is CCOc1cc(-c2nc(CNC(=O)c3ncccc3C)co2)ccc1OC. The lowest BCUT2D eigenvalue weighted by Crippen LogP contribution is -2.24. The molecule has 3 aromatic rings. The summed E-state index contributed by atoms with van der Waals surface area (Å²) in [4.78, 5) is 20.8. The van der Waals surface area contributed by atoms with Gasteiger partial charge in [-0.3, -0.25) is 9.78 Å². The normalized spacial score (nSPS) is 10.5. The smallest absolute Gasteiger partial charge is 0.270 e. The maximum Gasteiger partial charge on any atom is 0.270 e. The molecular formula is C20H21N3O4. The van der Waals surface area contributed by atoms with Gasteiger partial charge in [0.1, 0.15) is 12.0 Å². The van der Waals surface area contributed by atoms with E-state index in [-0.39, 0.29) is 12.5 Å². The van der Waals surface area contributed by atoms with Gasteiger partial charge in [0.2, 0.25) is 5.89 Å². The van der Waals surface area contributed by atoms with Crippen LogP contribution in [0.15, 0.2) is 47.2 Å². The molecule has 0 unspecified atom stereocenters. The van der Waals surface area contributed by atoms with Crippen molar-refractivity contribution < 1.29 is 18.7 Å². The maximum atomic E-state index is 12.2. The summed E-state index contributed by atoms with van der Waals surface area (Å²) >= 11 is 0. The number of benzene rings is 1. The fourth-order valence-electron chi connectivity index (χ4n) is 2.58. The molecule has 0 radical (unpaired) electrons. The van der Waals surface area contributed by atoms with Gasteiger partial charge >= 0.3 is 0 Å². The van der Waals surface area contributed by atoms with E-state index in [1.807, 2.05) is 32.0 Å². The van der Waals surface area contributed by atoms with Crippen LogP contribution in [0.5, 0.6) is 11.5 Å². The molecule has 0 saturated heterocycles. The molecular weight excluding hydrogens is 346 g/mol. The standard InChI is InChI=1S/C20H21N3O4/c1-4-26-17-10-14(7-8-16(17)25-3)20-23-15(12-27-20)11-22-19(24)18-13(2)6-5-9-21-18/h5-10,12H,4,11H2,1-3H3,(H,22,24). The van der Waals surface area contributed by atoms with Crippen LogP contribution in [-0.4, -0.2) is 29.6 Å². The molecule has 1 aromatic carbocycles. The number of nitrogens with zero attached hydrogens (tertiary/aromatic N) is 2. The number of hydrogen-bond donors (Lipinski definition) is 1. The fourth-order valence-corrected chi connectivity index (χ4v) is 2.58.